The second kappa shape index (κ2) is 5.63. The Bertz CT molecular complexity index is 462. The molecule has 0 fully saturated rings. The molecule has 1 aromatic rings. The molecule has 1 atom stereocenters. The molecule has 0 saturated heterocycles. The van der Waals surface area contributed by atoms with Crippen LogP contribution in [0.2, 0.25) is 0 Å². The maximum atomic E-state index is 5.72. The third-order valence-corrected chi connectivity index (χ3v) is 4.64. The van der Waals surface area contributed by atoms with Gasteiger partial charge in [-0.1, -0.05) is 13.8 Å². The number of benzene rings is 1. The standard InChI is InChI=1S/C15H21NO2S/c1-10(2)16-12-4-3-7-19-15-9-14-13(8-11(12)15)17-5-6-18-14/h8-10,12,16H,3-7H2,1-2H3. The summed E-state index contributed by atoms with van der Waals surface area (Å²) < 4.78 is 11.4. The molecule has 0 aliphatic carbocycles. The Labute approximate surface area is 119 Å². The zero-order valence-corrected chi connectivity index (χ0v) is 12.4. The molecule has 0 aromatic heterocycles. The van der Waals surface area contributed by atoms with Gasteiger partial charge in [0.05, 0.1) is 0 Å². The lowest BCUT2D eigenvalue weighted by Crippen LogP contribution is -2.28. The third kappa shape index (κ3) is 2.84. The van der Waals surface area contributed by atoms with Gasteiger partial charge in [-0.2, -0.15) is 0 Å². The van der Waals surface area contributed by atoms with Gasteiger partial charge in [-0.3, -0.25) is 0 Å². The van der Waals surface area contributed by atoms with E-state index in [1.54, 1.807) is 0 Å². The molecule has 0 spiro atoms. The first-order valence-electron chi connectivity index (χ1n) is 7.06. The monoisotopic (exact) mass is 279 g/mol. The van der Waals surface area contributed by atoms with Gasteiger partial charge in [-0.25, -0.2) is 0 Å². The van der Waals surface area contributed by atoms with Gasteiger partial charge < -0.3 is 14.8 Å². The van der Waals surface area contributed by atoms with Gasteiger partial charge in [0.15, 0.2) is 11.5 Å². The third-order valence-electron chi connectivity index (χ3n) is 3.48. The van der Waals surface area contributed by atoms with Crippen LogP contribution in [0.25, 0.3) is 0 Å². The highest BCUT2D eigenvalue weighted by molar-refractivity contribution is 7.99. The summed E-state index contributed by atoms with van der Waals surface area (Å²) in [5, 5.41) is 3.67. The second-order valence-corrected chi connectivity index (χ2v) is 6.54. The highest BCUT2D eigenvalue weighted by atomic mass is 32.2. The van der Waals surface area contributed by atoms with Crippen molar-refractivity contribution in [3.8, 4) is 11.5 Å². The number of hydrogen-bond donors (Lipinski definition) is 1. The highest BCUT2D eigenvalue weighted by Gasteiger charge is 2.23. The molecule has 19 heavy (non-hydrogen) atoms. The van der Waals surface area contributed by atoms with E-state index in [0.717, 1.165) is 11.5 Å². The molecule has 1 aromatic carbocycles. The maximum absolute atomic E-state index is 5.72. The van der Waals surface area contributed by atoms with Crippen LogP contribution in [-0.2, 0) is 0 Å². The van der Waals surface area contributed by atoms with Crippen LogP contribution in [0.5, 0.6) is 11.5 Å². The van der Waals surface area contributed by atoms with E-state index in [9.17, 15) is 0 Å². The predicted molar refractivity (Wildman–Crippen MR) is 78.4 cm³/mol. The summed E-state index contributed by atoms with van der Waals surface area (Å²) in [5.41, 5.74) is 1.38. The van der Waals surface area contributed by atoms with E-state index in [2.05, 4.69) is 31.3 Å². The van der Waals surface area contributed by atoms with E-state index >= 15 is 0 Å². The topological polar surface area (TPSA) is 30.5 Å². The first-order valence-corrected chi connectivity index (χ1v) is 8.05. The molecule has 104 valence electrons. The highest BCUT2D eigenvalue weighted by Crippen LogP contribution is 2.42. The van der Waals surface area contributed by atoms with Crippen molar-refractivity contribution in [3.05, 3.63) is 17.7 Å². The number of rotatable bonds is 2. The minimum absolute atomic E-state index is 0.431. The van der Waals surface area contributed by atoms with Crippen molar-refractivity contribution in [2.24, 2.45) is 0 Å². The molecule has 2 heterocycles. The minimum Gasteiger partial charge on any atom is -0.486 e. The molecule has 0 amide bonds. The van der Waals surface area contributed by atoms with E-state index in [1.165, 1.54) is 29.1 Å². The number of fused-ring (bicyclic) bond motifs is 2. The lowest BCUT2D eigenvalue weighted by atomic mass is 10.0. The maximum Gasteiger partial charge on any atom is 0.162 e. The Hall–Kier alpha value is -0.870. The van der Waals surface area contributed by atoms with Crippen molar-refractivity contribution in [2.75, 3.05) is 19.0 Å². The number of hydrogen-bond acceptors (Lipinski definition) is 4. The van der Waals surface area contributed by atoms with Gasteiger partial charge >= 0.3 is 0 Å². The summed E-state index contributed by atoms with van der Waals surface area (Å²) in [7, 11) is 0. The van der Waals surface area contributed by atoms with E-state index < -0.39 is 0 Å². The molecule has 0 radical (unpaired) electrons. The Morgan fingerprint density at radius 2 is 1.95 bits per heavy atom. The van der Waals surface area contributed by atoms with Gasteiger partial charge in [0.2, 0.25) is 0 Å². The fraction of sp³-hybridized carbons (Fsp3) is 0.600. The first-order chi connectivity index (χ1) is 9.24. The van der Waals surface area contributed by atoms with Crippen molar-refractivity contribution in [3.63, 3.8) is 0 Å². The number of ether oxygens (including phenoxy) is 2. The Kier molecular flexibility index (Phi) is 3.89. The summed E-state index contributed by atoms with van der Waals surface area (Å²) >= 11 is 1.94. The van der Waals surface area contributed by atoms with Crippen molar-refractivity contribution in [1.29, 1.82) is 0 Å². The predicted octanol–water partition coefficient (Wildman–Crippen LogP) is 3.38. The van der Waals surface area contributed by atoms with Crippen LogP contribution in [0.3, 0.4) is 0 Å². The molecule has 3 rings (SSSR count). The first kappa shape index (κ1) is 13.1. The molecule has 0 saturated carbocycles. The Morgan fingerprint density at radius 1 is 1.21 bits per heavy atom. The van der Waals surface area contributed by atoms with Crippen LogP contribution < -0.4 is 14.8 Å². The van der Waals surface area contributed by atoms with Crippen molar-refractivity contribution in [2.45, 2.75) is 43.7 Å². The van der Waals surface area contributed by atoms with Crippen LogP contribution in [-0.4, -0.2) is 25.0 Å². The van der Waals surface area contributed by atoms with Crippen LogP contribution in [0.4, 0.5) is 0 Å². The van der Waals surface area contributed by atoms with Gasteiger partial charge in [-0.05, 0) is 36.3 Å². The molecule has 3 nitrogen and oxygen atoms in total. The molecule has 1 N–H and O–H groups in total. The van der Waals surface area contributed by atoms with Gasteiger partial charge in [0, 0.05) is 17.0 Å². The summed E-state index contributed by atoms with van der Waals surface area (Å²) in [6.45, 7) is 5.72. The van der Waals surface area contributed by atoms with Gasteiger partial charge in [-0.15, -0.1) is 11.8 Å². The van der Waals surface area contributed by atoms with Crippen molar-refractivity contribution < 1.29 is 9.47 Å². The van der Waals surface area contributed by atoms with Crippen LogP contribution in [0.15, 0.2) is 17.0 Å². The average Bonchev–Trinajstić information content (AvgIpc) is 2.58. The van der Waals surface area contributed by atoms with E-state index in [-0.39, 0.29) is 0 Å². The zero-order valence-electron chi connectivity index (χ0n) is 11.6. The molecule has 0 bridgehead atoms. The molecule has 1 unspecified atom stereocenters. The SMILES string of the molecule is CC(C)NC1CCCSc2cc3c(cc21)OCCO3. The fourth-order valence-corrected chi connectivity index (χ4v) is 3.77. The number of nitrogens with one attached hydrogen (secondary N) is 1. The van der Waals surface area contributed by atoms with Crippen LogP contribution in [0, 0.1) is 0 Å². The second-order valence-electron chi connectivity index (χ2n) is 5.40. The van der Waals surface area contributed by atoms with Crippen LogP contribution in [0.1, 0.15) is 38.3 Å². The average molecular weight is 279 g/mol. The largest absolute Gasteiger partial charge is 0.486 e. The van der Waals surface area contributed by atoms with Crippen LogP contribution >= 0.6 is 11.8 Å². The summed E-state index contributed by atoms with van der Waals surface area (Å²) in [6.07, 6.45) is 2.44. The lowest BCUT2D eigenvalue weighted by Gasteiger charge is -2.25. The smallest absolute Gasteiger partial charge is 0.162 e. The summed E-state index contributed by atoms with van der Waals surface area (Å²) in [4.78, 5) is 1.35. The number of thioether (sulfide) groups is 1. The van der Waals surface area contributed by atoms with E-state index in [4.69, 9.17) is 9.47 Å². The summed E-state index contributed by atoms with van der Waals surface area (Å²) in [6, 6.07) is 5.27. The molecule has 4 heteroatoms. The fourth-order valence-electron chi connectivity index (χ4n) is 2.68. The molecule has 2 aliphatic heterocycles. The molecule has 2 aliphatic rings. The quantitative estimate of drug-likeness (QED) is 0.899. The zero-order chi connectivity index (χ0) is 13.2. The summed E-state index contributed by atoms with van der Waals surface area (Å²) in [5.74, 6) is 2.99. The normalized spacial score (nSPS) is 21.9. The molecular formula is C15H21NO2S. The lowest BCUT2D eigenvalue weighted by molar-refractivity contribution is 0.170. The minimum atomic E-state index is 0.431. The van der Waals surface area contributed by atoms with E-state index in [0.29, 0.717) is 25.3 Å². The van der Waals surface area contributed by atoms with Gasteiger partial charge in [0.25, 0.3) is 0 Å². The van der Waals surface area contributed by atoms with E-state index in [1.807, 2.05) is 11.8 Å². The Morgan fingerprint density at radius 3 is 2.68 bits per heavy atom. The van der Waals surface area contributed by atoms with Gasteiger partial charge in [0.1, 0.15) is 13.2 Å². The van der Waals surface area contributed by atoms with Crippen molar-refractivity contribution in [1.82, 2.24) is 5.32 Å². The molecular weight excluding hydrogens is 258 g/mol. The van der Waals surface area contributed by atoms with Crippen molar-refractivity contribution >= 4 is 11.8 Å². The Balaban J connectivity index is 1.97.